The summed E-state index contributed by atoms with van der Waals surface area (Å²) in [6, 6.07) is 3.31. The summed E-state index contributed by atoms with van der Waals surface area (Å²) in [4.78, 5) is 11.6. The summed E-state index contributed by atoms with van der Waals surface area (Å²) in [6.45, 7) is 3.56. The van der Waals surface area contributed by atoms with E-state index in [1.807, 2.05) is 0 Å². The molecule has 0 aliphatic carbocycles. The third-order valence-corrected chi connectivity index (χ3v) is 2.43. The first-order valence-electron chi connectivity index (χ1n) is 5.30. The maximum absolute atomic E-state index is 13.3. The van der Waals surface area contributed by atoms with Crippen LogP contribution < -0.4 is 5.32 Å². The summed E-state index contributed by atoms with van der Waals surface area (Å²) >= 11 is 5.77. The van der Waals surface area contributed by atoms with Crippen molar-refractivity contribution < 1.29 is 13.6 Å². The molecular weight excluding hydrogens is 248 g/mol. The number of alkyl halides is 1. The normalized spacial score (nSPS) is 14.2. The smallest absolute Gasteiger partial charge is 0.254 e. The lowest BCUT2D eigenvalue weighted by Gasteiger charge is -2.15. The molecular formula is C12H14ClF2NO. The van der Waals surface area contributed by atoms with Crippen LogP contribution in [0.25, 0.3) is 0 Å². The summed E-state index contributed by atoms with van der Waals surface area (Å²) in [6.07, 6.45) is 0.560. The quantitative estimate of drug-likeness (QED) is 0.829. The van der Waals surface area contributed by atoms with Crippen molar-refractivity contribution in [2.75, 3.05) is 0 Å². The van der Waals surface area contributed by atoms with Gasteiger partial charge in [-0.2, -0.15) is 0 Å². The molecule has 0 fully saturated rings. The molecule has 1 rings (SSSR count). The number of carbonyl (C=O) groups is 1. The van der Waals surface area contributed by atoms with Crippen LogP contribution in [0.5, 0.6) is 0 Å². The second-order valence-electron chi connectivity index (χ2n) is 3.99. The zero-order valence-electron chi connectivity index (χ0n) is 9.64. The Morgan fingerprint density at radius 3 is 2.65 bits per heavy atom. The third kappa shape index (κ3) is 3.97. The first-order valence-corrected chi connectivity index (χ1v) is 5.74. The fraction of sp³-hybridized carbons (Fsp3) is 0.417. The molecule has 0 heterocycles. The second kappa shape index (κ2) is 5.96. The molecule has 0 radical (unpaired) electrons. The van der Waals surface area contributed by atoms with Crippen molar-refractivity contribution in [2.45, 2.75) is 31.7 Å². The van der Waals surface area contributed by atoms with Gasteiger partial charge in [0.15, 0.2) is 11.6 Å². The molecule has 2 nitrogen and oxygen atoms in total. The molecule has 0 spiro atoms. The minimum absolute atomic E-state index is 0.0948. The summed E-state index contributed by atoms with van der Waals surface area (Å²) in [7, 11) is 0. The Kier molecular flexibility index (Phi) is 4.87. The molecule has 0 saturated carbocycles. The largest absolute Gasteiger partial charge is 0.349 e. The SMILES string of the molecule is CC(Cl)CC(C)NC(=O)c1cccc(F)c1F. The number of hydrogen-bond acceptors (Lipinski definition) is 1. The van der Waals surface area contributed by atoms with Crippen molar-refractivity contribution in [3.63, 3.8) is 0 Å². The van der Waals surface area contributed by atoms with E-state index in [0.29, 0.717) is 6.42 Å². The van der Waals surface area contributed by atoms with Crippen molar-refractivity contribution >= 4 is 17.5 Å². The lowest BCUT2D eigenvalue weighted by Crippen LogP contribution is -2.34. The third-order valence-electron chi connectivity index (χ3n) is 2.25. The van der Waals surface area contributed by atoms with E-state index >= 15 is 0 Å². The monoisotopic (exact) mass is 261 g/mol. The molecule has 17 heavy (non-hydrogen) atoms. The fourth-order valence-electron chi connectivity index (χ4n) is 1.53. The van der Waals surface area contributed by atoms with Crippen LogP contribution in [0.3, 0.4) is 0 Å². The highest BCUT2D eigenvalue weighted by Gasteiger charge is 2.17. The van der Waals surface area contributed by atoms with Crippen molar-refractivity contribution in [3.05, 3.63) is 35.4 Å². The molecule has 2 atom stereocenters. The van der Waals surface area contributed by atoms with E-state index in [2.05, 4.69) is 5.32 Å². The molecule has 0 aliphatic heterocycles. The molecule has 0 aliphatic rings. The molecule has 0 aromatic heterocycles. The summed E-state index contributed by atoms with van der Waals surface area (Å²) in [5.41, 5.74) is -0.293. The molecule has 1 aromatic carbocycles. The van der Waals surface area contributed by atoms with Gasteiger partial charge in [-0.05, 0) is 32.4 Å². The van der Waals surface area contributed by atoms with Gasteiger partial charge in [0.25, 0.3) is 5.91 Å². The number of amides is 1. The Morgan fingerprint density at radius 2 is 2.06 bits per heavy atom. The predicted octanol–water partition coefficient (Wildman–Crippen LogP) is 3.10. The van der Waals surface area contributed by atoms with E-state index < -0.39 is 17.5 Å². The van der Waals surface area contributed by atoms with Crippen molar-refractivity contribution in [1.82, 2.24) is 5.32 Å². The minimum Gasteiger partial charge on any atom is -0.349 e. The van der Waals surface area contributed by atoms with Crippen LogP contribution in [0.1, 0.15) is 30.6 Å². The zero-order chi connectivity index (χ0) is 13.0. The number of benzene rings is 1. The van der Waals surface area contributed by atoms with E-state index in [1.165, 1.54) is 12.1 Å². The van der Waals surface area contributed by atoms with Crippen LogP contribution >= 0.6 is 11.6 Å². The molecule has 2 unspecified atom stereocenters. The Bertz CT molecular complexity index is 409. The second-order valence-corrected chi connectivity index (χ2v) is 4.74. The van der Waals surface area contributed by atoms with Crippen LogP contribution in [0.4, 0.5) is 8.78 Å². The van der Waals surface area contributed by atoms with Gasteiger partial charge in [0.2, 0.25) is 0 Å². The van der Waals surface area contributed by atoms with Crippen LogP contribution in [0.2, 0.25) is 0 Å². The standard InChI is InChI=1S/C12H14ClF2NO/c1-7(13)6-8(2)16-12(17)9-4-3-5-10(14)11(9)15/h3-5,7-8H,6H2,1-2H3,(H,16,17). The number of rotatable bonds is 4. The Morgan fingerprint density at radius 1 is 1.41 bits per heavy atom. The predicted molar refractivity (Wildman–Crippen MR) is 63.2 cm³/mol. The molecule has 5 heteroatoms. The van der Waals surface area contributed by atoms with Crippen LogP contribution in [-0.4, -0.2) is 17.3 Å². The topological polar surface area (TPSA) is 29.1 Å². The highest BCUT2D eigenvalue weighted by atomic mass is 35.5. The summed E-state index contributed by atoms with van der Waals surface area (Å²) in [5, 5.41) is 2.47. The van der Waals surface area contributed by atoms with E-state index in [-0.39, 0.29) is 17.0 Å². The molecule has 94 valence electrons. The number of carbonyl (C=O) groups excluding carboxylic acids is 1. The molecule has 1 N–H and O–H groups in total. The van der Waals surface area contributed by atoms with Crippen LogP contribution in [0.15, 0.2) is 18.2 Å². The number of nitrogens with one attached hydrogen (secondary N) is 1. The average Bonchev–Trinajstić information content (AvgIpc) is 2.20. The highest BCUT2D eigenvalue weighted by Crippen LogP contribution is 2.12. The van der Waals surface area contributed by atoms with Crippen LogP contribution in [-0.2, 0) is 0 Å². The average molecular weight is 262 g/mol. The first kappa shape index (κ1) is 13.9. The van der Waals surface area contributed by atoms with Gasteiger partial charge < -0.3 is 5.32 Å². The summed E-state index contributed by atoms with van der Waals surface area (Å²) in [5.74, 6) is -2.79. The van der Waals surface area contributed by atoms with Gasteiger partial charge in [0, 0.05) is 11.4 Å². The molecule has 1 amide bonds. The molecule has 0 saturated heterocycles. The molecule has 1 aromatic rings. The van der Waals surface area contributed by atoms with Gasteiger partial charge in [-0.15, -0.1) is 11.6 Å². The van der Waals surface area contributed by atoms with Gasteiger partial charge in [0.05, 0.1) is 5.56 Å². The Balaban J connectivity index is 2.73. The maximum atomic E-state index is 13.3. The van der Waals surface area contributed by atoms with E-state index in [4.69, 9.17) is 11.6 Å². The first-order chi connectivity index (χ1) is 7.91. The van der Waals surface area contributed by atoms with E-state index in [9.17, 15) is 13.6 Å². The van der Waals surface area contributed by atoms with Crippen molar-refractivity contribution in [2.24, 2.45) is 0 Å². The zero-order valence-corrected chi connectivity index (χ0v) is 10.4. The lowest BCUT2D eigenvalue weighted by atomic mass is 10.1. The Hall–Kier alpha value is -1.16. The number of hydrogen-bond donors (Lipinski definition) is 1. The Labute approximate surface area is 104 Å². The highest BCUT2D eigenvalue weighted by molar-refractivity contribution is 6.20. The van der Waals surface area contributed by atoms with Crippen LogP contribution in [0, 0.1) is 11.6 Å². The van der Waals surface area contributed by atoms with E-state index in [1.54, 1.807) is 13.8 Å². The van der Waals surface area contributed by atoms with Gasteiger partial charge in [-0.1, -0.05) is 6.07 Å². The lowest BCUT2D eigenvalue weighted by molar-refractivity contribution is 0.0933. The van der Waals surface area contributed by atoms with Gasteiger partial charge in [-0.25, -0.2) is 8.78 Å². The van der Waals surface area contributed by atoms with E-state index in [0.717, 1.165) is 6.07 Å². The maximum Gasteiger partial charge on any atom is 0.254 e. The van der Waals surface area contributed by atoms with Gasteiger partial charge in [0.1, 0.15) is 0 Å². The van der Waals surface area contributed by atoms with Crippen molar-refractivity contribution in [3.8, 4) is 0 Å². The summed E-state index contributed by atoms with van der Waals surface area (Å²) < 4.78 is 26.2. The molecule has 0 bridgehead atoms. The number of halogens is 3. The van der Waals surface area contributed by atoms with Crippen molar-refractivity contribution in [1.29, 1.82) is 0 Å². The minimum atomic E-state index is -1.13. The van der Waals surface area contributed by atoms with Gasteiger partial charge >= 0.3 is 0 Å². The fourth-order valence-corrected chi connectivity index (χ4v) is 1.79. The van der Waals surface area contributed by atoms with Gasteiger partial charge in [-0.3, -0.25) is 4.79 Å².